The summed E-state index contributed by atoms with van der Waals surface area (Å²) >= 11 is 6.10. The fourth-order valence-corrected chi connectivity index (χ4v) is 3.00. The number of benzene rings is 1. The number of amides is 1. The smallest absolute Gasteiger partial charge is 0.246 e. The minimum Gasteiger partial charge on any atom is -0.339 e. The summed E-state index contributed by atoms with van der Waals surface area (Å²) in [6, 6.07) is 5.77. The zero-order valence-electron chi connectivity index (χ0n) is 13.8. The summed E-state index contributed by atoms with van der Waals surface area (Å²) in [4.78, 5) is 18.5. The minimum absolute atomic E-state index is 0.0202. The van der Waals surface area contributed by atoms with E-state index in [4.69, 9.17) is 16.1 Å². The summed E-state index contributed by atoms with van der Waals surface area (Å²) in [6.07, 6.45) is 5.11. The van der Waals surface area contributed by atoms with E-state index in [9.17, 15) is 4.79 Å². The van der Waals surface area contributed by atoms with Crippen molar-refractivity contribution in [1.82, 2.24) is 15.0 Å². The number of halogens is 1. The maximum atomic E-state index is 12.3. The second-order valence-corrected chi connectivity index (χ2v) is 6.53. The van der Waals surface area contributed by atoms with Gasteiger partial charge in [0.05, 0.1) is 0 Å². The summed E-state index contributed by atoms with van der Waals surface area (Å²) in [5, 5.41) is 4.54. The van der Waals surface area contributed by atoms with Crippen molar-refractivity contribution in [1.29, 1.82) is 0 Å². The normalized spacial score (nSPS) is 16.0. The Bertz CT molecular complexity index is 761. The molecule has 0 unspecified atom stereocenters. The van der Waals surface area contributed by atoms with E-state index in [0.29, 0.717) is 29.8 Å². The molecule has 0 radical (unpaired) electrons. The van der Waals surface area contributed by atoms with Crippen molar-refractivity contribution in [2.24, 2.45) is 0 Å². The number of hydrogen-bond acceptors (Lipinski definition) is 4. The molecule has 1 amide bonds. The lowest BCUT2D eigenvalue weighted by molar-refractivity contribution is -0.127. The van der Waals surface area contributed by atoms with Crippen LogP contribution in [0.4, 0.5) is 0 Å². The Hall–Kier alpha value is -2.14. The molecular formula is C18H20ClN3O2. The monoisotopic (exact) mass is 345 g/mol. The van der Waals surface area contributed by atoms with Crippen molar-refractivity contribution in [3.8, 4) is 0 Å². The number of rotatable bonds is 3. The number of piperidine rings is 1. The average molecular weight is 346 g/mol. The summed E-state index contributed by atoms with van der Waals surface area (Å²) in [5.74, 6) is 1.61. The van der Waals surface area contributed by atoms with Crippen molar-refractivity contribution < 1.29 is 9.32 Å². The van der Waals surface area contributed by atoms with E-state index in [1.165, 1.54) is 0 Å². The highest BCUT2D eigenvalue weighted by Crippen LogP contribution is 2.27. The third-order valence-corrected chi connectivity index (χ3v) is 4.72. The fraction of sp³-hybridized carbons (Fsp3) is 0.389. The molecule has 6 heteroatoms. The summed E-state index contributed by atoms with van der Waals surface area (Å²) < 4.78 is 5.23. The summed E-state index contributed by atoms with van der Waals surface area (Å²) in [5.41, 5.74) is 1.95. The molecule has 126 valence electrons. The van der Waals surface area contributed by atoms with Crippen LogP contribution in [0.2, 0.25) is 5.02 Å². The summed E-state index contributed by atoms with van der Waals surface area (Å²) in [7, 11) is 0. The van der Waals surface area contributed by atoms with Gasteiger partial charge in [-0.3, -0.25) is 4.79 Å². The van der Waals surface area contributed by atoms with Crippen LogP contribution in [-0.4, -0.2) is 34.0 Å². The SMILES string of the molecule is Cc1noc(C2CCN(C(=O)/C=C/c3ccc(C)c(Cl)c3)CC2)n1. The van der Waals surface area contributed by atoms with Gasteiger partial charge >= 0.3 is 0 Å². The van der Waals surface area contributed by atoms with Gasteiger partial charge in [-0.1, -0.05) is 28.9 Å². The van der Waals surface area contributed by atoms with Crippen molar-refractivity contribution in [3.05, 3.63) is 52.1 Å². The minimum atomic E-state index is 0.0202. The van der Waals surface area contributed by atoms with Gasteiger partial charge in [0.1, 0.15) is 0 Å². The Labute approximate surface area is 146 Å². The third-order valence-electron chi connectivity index (χ3n) is 4.31. The zero-order chi connectivity index (χ0) is 17.1. The number of aromatic nitrogens is 2. The van der Waals surface area contributed by atoms with E-state index in [1.807, 2.05) is 36.9 Å². The molecule has 5 nitrogen and oxygen atoms in total. The zero-order valence-corrected chi connectivity index (χ0v) is 14.6. The maximum Gasteiger partial charge on any atom is 0.246 e. The number of nitrogens with zero attached hydrogens (tertiary/aromatic N) is 3. The van der Waals surface area contributed by atoms with Crippen molar-refractivity contribution in [3.63, 3.8) is 0 Å². The lowest BCUT2D eigenvalue weighted by Crippen LogP contribution is -2.36. The average Bonchev–Trinajstić information content (AvgIpc) is 3.02. The van der Waals surface area contributed by atoms with E-state index in [-0.39, 0.29) is 11.8 Å². The van der Waals surface area contributed by atoms with Gasteiger partial charge in [0.2, 0.25) is 11.8 Å². The van der Waals surface area contributed by atoms with Gasteiger partial charge in [0.15, 0.2) is 5.82 Å². The standard InChI is InChI=1S/C18H20ClN3O2/c1-12-3-4-14(11-16(12)19)5-6-17(23)22-9-7-15(8-10-22)18-20-13(2)21-24-18/h3-6,11,15H,7-10H2,1-2H3/b6-5+. The van der Waals surface area contributed by atoms with Crippen LogP contribution < -0.4 is 0 Å². The molecule has 1 aliphatic rings. The maximum absolute atomic E-state index is 12.3. The lowest BCUT2D eigenvalue weighted by Gasteiger charge is -2.29. The molecular weight excluding hydrogens is 326 g/mol. The Balaban J connectivity index is 1.56. The number of likely N-dealkylation sites (tertiary alicyclic amines) is 1. The fourth-order valence-electron chi connectivity index (χ4n) is 2.81. The number of carbonyl (C=O) groups is 1. The first-order chi connectivity index (χ1) is 11.5. The number of carbonyl (C=O) groups excluding carboxylic acids is 1. The topological polar surface area (TPSA) is 59.2 Å². The molecule has 1 aromatic heterocycles. The highest BCUT2D eigenvalue weighted by Gasteiger charge is 2.26. The lowest BCUT2D eigenvalue weighted by atomic mass is 9.96. The van der Waals surface area contributed by atoms with Crippen LogP contribution in [0, 0.1) is 13.8 Å². The molecule has 0 bridgehead atoms. The largest absolute Gasteiger partial charge is 0.339 e. The van der Waals surface area contributed by atoms with Crippen molar-refractivity contribution in [2.75, 3.05) is 13.1 Å². The first-order valence-corrected chi connectivity index (χ1v) is 8.44. The Morgan fingerprint density at radius 3 is 2.71 bits per heavy atom. The van der Waals surface area contributed by atoms with E-state index in [1.54, 1.807) is 12.2 Å². The van der Waals surface area contributed by atoms with E-state index in [0.717, 1.165) is 24.0 Å². The van der Waals surface area contributed by atoms with Crippen molar-refractivity contribution in [2.45, 2.75) is 32.6 Å². The first-order valence-electron chi connectivity index (χ1n) is 8.06. The Morgan fingerprint density at radius 2 is 2.08 bits per heavy atom. The number of hydrogen-bond donors (Lipinski definition) is 0. The van der Waals surface area contributed by atoms with E-state index < -0.39 is 0 Å². The first kappa shape index (κ1) is 16.7. The van der Waals surface area contributed by atoms with Crippen molar-refractivity contribution >= 4 is 23.6 Å². The molecule has 24 heavy (non-hydrogen) atoms. The van der Waals surface area contributed by atoms with Gasteiger partial charge < -0.3 is 9.42 Å². The molecule has 1 fully saturated rings. The Morgan fingerprint density at radius 1 is 1.33 bits per heavy atom. The Kier molecular flexibility index (Phi) is 5.00. The molecule has 2 aromatic rings. The van der Waals surface area contributed by atoms with Crippen LogP contribution in [0.15, 0.2) is 28.8 Å². The van der Waals surface area contributed by atoms with E-state index in [2.05, 4.69) is 10.1 Å². The van der Waals surface area contributed by atoms with Gasteiger partial charge in [0, 0.05) is 30.1 Å². The molecule has 3 rings (SSSR count). The molecule has 0 saturated carbocycles. The second-order valence-electron chi connectivity index (χ2n) is 6.12. The molecule has 1 aliphatic heterocycles. The predicted octanol–water partition coefficient (Wildman–Crippen LogP) is 3.76. The second kappa shape index (κ2) is 7.18. The van der Waals surface area contributed by atoms with Crippen LogP contribution in [0.5, 0.6) is 0 Å². The highest BCUT2D eigenvalue weighted by atomic mass is 35.5. The van der Waals surface area contributed by atoms with Crippen LogP contribution >= 0.6 is 11.6 Å². The van der Waals surface area contributed by atoms with E-state index >= 15 is 0 Å². The molecule has 0 N–H and O–H groups in total. The highest BCUT2D eigenvalue weighted by molar-refractivity contribution is 6.31. The van der Waals surface area contributed by atoms with Crippen LogP contribution in [0.25, 0.3) is 6.08 Å². The van der Waals surface area contributed by atoms with Gasteiger partial charge in [0.25, 0.3) is 0 Å². The summed E-state index contributed by atoms with van der Waals surface area (Å²) in [6.45, 7) is 5.16. The molecule has 0 atom stereocenters. The van der Waals surface area contributed by atoms with Crippen LogP contribution in [0.1, 0.15) is 41.6 Å². The molecule has 0 aliphatic carbocycles. The van der Waals surface area contributed by atoms with Gasteiger partial charge in [-0.05, 0) is 50.0 Å². The quantitative estimate of drug-likeness (QED) is 0.795. The third kappa shape index (κ3) is 3.85. The molecule has 1 saturated heterocycles. The molecule has 1 aromatic carbocycles. The van der Waals surface area contributed by atoms with Gasteiger partial charge in [-0.25, -0.2) is 0 Å². The molecule has 0 spiro atoms. The molecule has 2 heterocycles. The van der Waals surface area contributed by atoms with Gasteiger partial charge in [-0.2, -0.15) is 4.98 Å². The predicted molar refractivity (Wildman–Crippen MR) is 92.8 cm³/mol. The van der Waals surface area contributed by atoms with Crippen LogP contribution in [0.3, 0.4) is 0 Å². The number of aryl methyl sites for hydroxylation is 2. The van der Waals surface area contributed by atoms with Gasteiger partial charge in [-0.15, -0.1) is 0 Å². The van der Waals surface area contributed by atoms with Crippen LogP contribution in [-0.2, 0) is 4.79 Å².